The van der Waals surface area contributed by atoms with E-state index >= 15 is 0 Å². The summed E-state index contributed by atoms with van der Waals surface area (Å²) in [6, 6.07) is 0. The first kappa shape index (κ1) is 17.2. The Kier molecular flexibility index (Phi) is 6.81. The molecule has 0 saturated carbocycles. The average molecular weight is 261 g/mol. The Labute approximate surface area is 137 Å². The molecule has 1 heterocycles. The molecule has 7 heteroatoms. The second-order valence-corrected chi connectivity index (χ2v) is 4.52. The van der Waals surface area contributed by atoms with Crippen molar-refractivity contribution in [1.82, 2.24) is 4.90 Å². The van der Waals surface area contributed by atoms with Crippen LogP contribution < -0.4 is 51.4 Å². The van der Waals surface area contributed by atoms with Crippen LogP contribution in [-0.2, 0) is 4.74 Å². The van der Waals surface area contributed by atoms with E-state index in [2.05, 4.69) is 6.58 Å². The van der Waals surface area contributed by atoms with Crippen molar-refractivity contribution in [3.05, 3.63) is 12.1 Å². The first-order valence-corrected chi connectivity index (χ1v) is 4.94. The molecule has 1 saturated heterocycles. The smallest absolute Gasteiger partial charge is 0.445 e. The Bertz CT molecular complexity index is 258. The van der Waals surface area contributed by atoms with E-state index in [0.29, 0.717) is 19.8 Å². The van der Waals surface area contributed by atoms with E-state index < -0.39 is 12.4 Å². The molecule has 2 nitrogen and oxygen atoms in total. The van der Waals surface area contributed by atoms with Crippen LogP contribution in [0, 0.1) is 0 Å². The van der Waals surface area contributed by atoms with Gasteiger partial charge in [0.1, 0.15) is 0 Å². The summed E-state index contributed by atoms with van der Waals surface area (Å²) in [5, 5.41) is 0. The van der Waals surface area contributed by atoms with Gasteiger partial charge in [-0.15, -0.1) is 12.1 Å². The molecule has 88 valence electrons. The molecule has 0 spiro atoms. The zero-order valence-corrected chi connectivity index (χ0v) is 13.2. The molecule has 0 atom stereocenters. The SMILES string of the molecule is C=C(CN1CCOCC1(C)C)[B-](F)(F)F.[K+]. The van der Waals surface area contributed by atoms with E-state index in [9.17, 15) is 12.9 Å². The van der Waals surface area contributed by atoms with E-state index in [1.165, 1.54) is 0 Å². The molecule has 0 bridgehead atoms. The van der Waals surface area contributed by atoms with E-state index in [1.807, 2.05) is 13.8 Å². The molecule has 0 amide bonds. The molecule has 1 aliphatic heterocycles. The standard InChI is InChI=1S/C9H16BF3NO.K/c1-8(10(11,12)13)6-14-4-5-15-7-9(14,2)3;/h1,4-7H2,2-3H3;/q-1;+1. The van der Waals surface area contributed by atoms with Crippen molar-refractivity contribution in [2.75, 3.05) is 26.3 Å². The van der Waals surface area contributed by atoms with Crippen molar-refractivity contribution in [3.63, 3.8) is 0 Å². The summed E-state index contributed by atoms with van der Waals surface area (Å²) in [7, 11) is 0. The summed E-state index contributed by atoms with van der Waals surface area (Å²) < 4.78 is 42.3. The van der Waals surface area contributed by atoms with Crippen LogP contribution in [-0.4, -0.2) is 43.7 Å². The van der Waals surface area contributed by atoms with Crippen molar-refractivity contribution < 1.29 is 69.1 Å². The van der Waals surface area contributed by atoms with Crippen LogP contribution in [0.1, 0.15) is 13.8 Å². The molecule has 0 aromatic carbocycles. The Hall–Kier alpha value is 1.15. The van der Waals surface area contributed by atoms with Crippen molar-refractivity contribution in [2.24, 2.45) is 0 Å². The van der Waals surface area contributed by atoms with Gasteiger partial charge < -0.3 is 17.7 Å². The van der Waals surface area contributed by atoms with E-state index in [1.54, 1.807) is 4.90 Å². The predicted molar refractivity (Wildman–Crippen MR) is 54.7 cm³/mol. The molecule has 1 aliphatic rings. The topological polar surface area (TPSA) is 12.5 Å². The van der Waals surface area contributed by atoms with Crippen molar-refractivity contribution in [2.45, 2.75) is 19.4 Å². The van der Waals surface area contributed by atoms with Crippen molar-refractivity contribution in [3.8, 4) is 0 Å². The zero-order valence-electron chi connectivity index (χ0n) is 10.1. The van der Waals surface area contributed by atoms with Gasteiger partial charge in [-0.25, -0.2) is 0 Å². The van der Waals surface area contributed by atoms with E-state index in [4.69, 9.17) is 4.74 Å². The second-order valence-electron chi connectivity index (χ2n) is 4.52. The molecule has 0 radical (unpaired) electrons. The van der Waals surface area contributed by atoms with Gasteiger partial charge in [0, 0.05) is 12.1 Å². The van der Waals surface area contributed by atoms with Crippen LogP contribution in [0.3, 0.4) is 0 Å². The third-order valence-corrected chi connectivity index (χ3v) is 2.67. The van der Waals surface area contributed by atoms with Gasteiger partial charge in [0.2, 0.25) is 0 Å². The number of hydrogen-bond acceptors (Lipinski definition) is 2. The summed E-state index contributed by atoms with van der Waals surface area (Å²) in [6.45, 7) is 3.31. The number of morpholine rings is 1. The molecule has 0 aromatic heterocycles. The molecule has 1 rings (SSSR count). The van der Waals surface area contributed by atoms with Crippen molar-refractivity contribution >= 4 is 6.98 Å². The Balaban J connectivity index is 0.00000225. The quantitative estimate of drug-likeness (QED) is 0.607. The second kappa shape index (κ2) is 6.36. The first-order valence-electron chi connectivity index (χ1n) is 4.94. The van der Waals surface area contributed by atoms with Crippen LogP contribution >= 0.6 is 0 Å². The van der Waals surface area contributed by atoms with Crippen LogP contribution in [0.25, 0.3) is 0 Å². The third kappa shape index (κ3) is 4.80. The molecular formula is C9H16BF3KNO. The van der Waals surface area contributed by atoms with Gasteiger partial charge in [0.25, 0.3) is 0 Å². The first-order chi connectivity index (χ1) is 6.73. The van der Waals surface area contributed by atoms with Gasteiger partial charge >= 0.3 is 58.4 Å². The number of rotatable bonds is 3. The third-order valence-electron chi connectivity index (χ3n) is 2.67. The van der Waals surface area contributed by atoms with Crippen LogP contribution in [0.4, 0.5) is 12.9 Å². The summed E-state index contributed by atoms with van der Waals surface area (Å²) in [5.41, 5.74) is -0.979. The minimum atomic E-state index is -4.92. The summed E-state index contributed by atoms with van der Waals surface area (Å²) in [6.07, 6.45) is 0. The fraction of sp³-hybridized carbons (Fsp3) is 0.778. The molecule has 0 unspecified atom stereocenters. The largest absolute Gasteiger partial charge is 1.00 e. The maximum atomic E-state index is 12.4. The zero-order chi connectivity index (χ0) is 11.7. The number of ether oxygens (including phenoxy) is 1. The van der Waals surface area contributed by atoms with Gasteiger partial charge in [-0.2, -0.15) is 0 Å². The maximum absolute atomic E-state index is 12.4. The number of hydrogen-bond donors (Lipinski definition) is 0. The molecule has 0 aliphatic carbocycles. The monoisotopic (exact) mass is 261 g/mol. The fourth-order valence-electron chi connectivity index (χ4n) is 1.53. The van der Waals surface area contributed by atoms with Gasteiger partial charge in [-0.3, -0.25) is 4.90 Å². The summed E-state index contributed by atoms with van der Waals surface area (Å²) in [4.78, 5) is 1.77. The van der Waals surface area contributed by atoms with Gasteiger partial charge in [-0.1, -0.05) is 0 Å². The maximum Gasteiger partial charge on any atom is 1.00 e. The Morgan fingerprint density at radius 1 is 1.44 bits per heavy atom. The van der Waals surface area contributed by atoms with Crippen LogP contribution in [0.5, 0.6) is 0 Å². The van der Waals surface area contributed by atoms with E-state index in [-0.39, 0.29) is 63.5 Å². The number of halogens is 3. The van der Waals surface area contributed by atoms with Gasteiger partial charge in [-0.05, 0) is 20.4 Å². The minimum absolute atomic E-state index is 0. The molecular weight excluding hydrogens is 245 g/mol. The van der Waals surface area contributed by atoms with E-state index in [0.717, 1.165) is 0 Å². The average Bonchev–Trinajstić information content (AvgIpc) is 2.06. The van der Waals surface area contributed by atoms with Crippen LogP contribution in [0.2, 0.25) is 0 Å². The fourth-order valence-corrected chi connectivity index (χ4v) is 1.53. The normalized spacial score (nSPS) is 21.3. The number of nitrogens with zero attached hydrogens (tertiary/aromatic N) is 1. The van der Waals surface area contributed by atoms with Gasteiger partial charge in [0.05, 0.1) is 13.2 Å². The van der Waals surface area contributed by atoms with Crippen molar-refractivity contribution in [1.29, 1.82) is 0 Å². The minimum Gasteiger partial charge on any atom is -0.445 e. The summed E-state index contributed by atoms with van der Waals surface area (Å²) in [5.74, 6) is 0. The Morgan fingerprint density at radius 2 is 2.00 bits per heavy atom. The Morgan fingerprint density at radius 3 is 2.44 bits per heavy atom. The molecule has 0 N–H and O–H groups in total. The molecule has 0 aromatic rings. The molecule has 16 heavy (non-hydrogen) atoms. The van der Waals surface area contributed by atoms with Gasteiger partial charge in [0.15, 0.2) is 0 Å². The predicted octanol–water partition coefficient (Wildman–Crippen LogP) is -0.956. The molecule has 1 fully saturated rings. The van der Waals surface area contributed by atoms with Crippen LogP contribution in [0.15, 0.2) is 12.1 Å². The summed E-state index contributed by atoms with van der Waals surface area (Å²) >= 11 is 0.